The number of hydrogen-bond acceptors (Lipinski definition) is 4. The molecule has 0 aliphatic rings. The first kappa shape index (κ1) is 8.62. The zero-order valence-corrected chi connectivity index (χ0v) is 7.81. The van der Waals surface area contributed by atoms with E-state index in [-0.39, 0.29) is 5.95 Å². The minimum absolute atomic E-state index is 0.287. The molecule has 0 saturated heterocycles. The minimum atomic E-state index is 0.287. The van der Waals surface area contributed by atoms with Gasteiger partial charge in [-0.2, -0.15) is 0 Å². The molecule has 70 valence electrons. The van der Waals surface area contributed by atoms with Crippen LogP contribution in [-0.4, -0.2) is 15.0 Å². The van der Waals surface area contributed by atoms with E-state index in [4.69, 9.17) is 5.73 Å². The van der Waals surface area contributed by atoms with Crippen LogP contribution in [-0.2, 0) is 0 Å². The molecule has 4 nitrogen and oxygen atoms in total. The second kappa shape index (κ2) is 3.41. The van der Waals surface area contributed by atoms with Gasteiger partial charge in [0.2, 0.25) is 5.95 Å². The van der Waals surface area contributed by atoms with Crippen LogP contribution in [0, 0.1) is 6.92 Å². The van der Waals surface area contributed by atoms with E-state index in [0.29, 0.717) is 0 Å². The normalized spacial score (nSPS) is 10.1. The van der Waals surface area contributed by atoms with E-state index in [2.05, 4.69) is 15.0 Å². The molecule has 0 radical (unpaired) electrons. The number of anilines is 1. The van der Waals surface area contributed by atoms with E-state index in [1.54, 1.807) is 24.8 Å². The maximum Gasteiger partial charge on any atom is 0.219 e. The summed E-state index contributed by atoms with van der Waals surface area (Å²) >= 11 is 0. The molecule has 0 aromatic carbocycles. The highest BCUT2D eigenvalue weighted by Gasteiger charge is 2.01. The molecular weight excluding hydrogens is 176 g/mol. The second-order valence-electron chi connectivity index (χ2n) is 3.02. The monoisotopic (exact) mass is 186 g/mol. The van der Waals surface area contributed by atoms with E-state index >= 15 is 0 Å². The van der Waals surface area contributed by atoms with Gasteiger partial charge in [0.1, 0.15) is 0 Å². The van der Waals surface area contributed by atoms with Crippen LogP contribution in [0.3, 0.4) is 0 Å². The molecule has 2 rings (SSSR count). The minimum Gasteiger partial charge on any atom is -0.368 e. The third kappa shape index (κ3) is 1.54. The van der Waals surface area contributed by atoms with Crippen molar-refractivity contribution in [3.63, 3.8) is 0 Å². The Kier molecular flexibility index (Phi) is 2.10. The van der Waals surface area contributed by atoms with E-state index in [9.17, 15) is 0 Å². The summed E-state index contributed by atoms with van der Waals surface area (Å²) < 4.78 is 0. The van der Waals surface area contributed by atoms with Gasteiger partial charge in [0.25, 0.3) is 0 Å². The third-order valence-corrected chi connectivity index (χ3v) is 2.02. The fourth-order valence-corrected chi connectivity index (χ4v) is 1.24. The summed E-state index contributed by atoms with van der Waals surface area (Å²) in [4.78, 5) is 11.9. The number of pyridine rings is 1. The lowest BCUT2D eigenvalue weighted by molar-refractivity contribution is 1.18. The number of aryl methyl sites for hydroxylation is 1. The van der Waals surface area contributed by atoms with Gasteiger partial charge in [-0.15, -0.1) is 0 Å². The molecule has 0 aliphatic heterocycles. The van der Waals surface area contributed by atoms with Crippen LogP contribution in [0.1, 0.15) is 5.56 Å². The fraction of sp³-hybridized carbons (Fsp3) is 0.100. The maximum atomic E-state index is 5.40. The van der Waals surface area contributed by atoms with Crippen molar-refractivity contribution in [1.82, 2.24) is 15.0 Å². The highest BCUT2D eigenvalue weighted by atomic mass is 15.0. The molecule has 0 unspecified atom stereocenters. The van der Waals surface area contributed by atoms with Crippen LogP contribution in [0.15, 0.2) is 30.9 Å². The Morgan fingerprint density at radius 1 is 1.14 bits per heavy atom. The number of nitrogens with two attached hydrogens (primary N) is 1. The smallest absolute Gasteiger partial charge is 0.219 e. The van der Waals surface area contributed by atoms with E-state index in [0.717, 1.165) is 16.7 Å². The van der Waals surface area contributed by atoms with Crippen molar-refractivity contribution in [2.45, 2.75) is 6.92 Å². The van der Waals surface area contributed by atoms with Crippen LogP contribution in [0.4, 0.5) is 5.95 Å². The van der Waals surface area contributed by atoms with E-state index < -0.39 is 0 Å². The zero-order chi connectivity index (χ0) is 9.97. The van der Waals surface area contributed by atoms with Crippen molar-refractivity contribution < 1.29 is 0 Å². The summed E-state index contributed by atoms with van der Waals surface area (Å²) in [5.41, 5.74) is 8.52. The molecule has 0 bridgehead atoms. The van der Waals surface area contributed by atoms with Gasteiger partial charge in [-0.05, 0) is 18.6 Å². The van der Waals surface area contributed by atoms with Crippen LogP contribution in [0.25, 0.3) is 11.1 Å². The first-order valence-corrected chi connectivity index (χ1v) is 4.26. The molecule has 0 aliphatic carbocycles. The van der Waals surface area contributed by atoms with E-state index in [1.165, 1.54) is 0 Å². The standard InChI is InChI=1S/C10H10N4/c1-7-2-3-12-6-9(7)8-4-13-10(11)14-5-8/h2-6H,1H3,(H2,11,13,14). The van der Waals surface area contributed by atoms with Gasteiger partial charge >= 0.3 is 0 Å². The number of hydrogen-bond donors (Lipinski definition) is 1. The summed E-state index contributed by atoms with van der Waals surface area (Å²) in [6, 6.07) is 1.95. The molecule has 14 heavy (non-hydrogen) atoms. The lowest BCUT2D eigenvalue weighted by Gasteiger charge is -2.03. The van der Waals surface area contributed by atoms with Crippen molar-refractivity contribution in [3.05, 3.63) is 36.4 Å². The van der Waals surface area contributed by atoms with Gasteiger partial charge in [0.05, 0.1) is 0 Å². The lowest BCUT2D eigenvalue weighted by Crippen LogP contribution is -1.94. The van der Waals surface area contributed by atoms with Gasteiger partial charge in [0.15, 0.2) is 0 Å². The molecule has 0 spiro atoms. The summed E-state index contributed by atoms with van der Waals surface area (Å²) in [7, 11) is 0. The summed E-state index contributed by atoms with van der Waals surface area (Å²) in [5.74, 6) is 0.287. The molecule has 2 aromatic heterocycles. The van der Waals surface area contributed by atoms with Crippen LogP contribution in [0.5, 0.6) is 0 Å². The molecule has 4 heteroatoms. The Balaban J connectivity index is 2.50. The zero-order valence-electron chi connectivity index (χ0n) is 7.81. The molecule has 2 N–H and O–H groups in total. The van der Waals surface area contributed by atoms with Crippen molar-refractivity contribution in [3.8, 4) is 11.1 Å². The third-order valence-electron chi connectivity index (χ3n) is 2.02. The largest absolute Gasteiger partial charge is 0.368 e. The van der Waals surface area contributed by atoms with Gasteiger partial charge in [-0.1, -0.05) is 0 Å². The molecule has 0 fully saturated rings. The molecule has 0 saturated carbocycles. The topological polar surface area (TPSA) is 64.7 Å². The van der Waals surface area contributed by atoms with Gasteiger partial charge < -0.3 is 5.73 Å². The molecule has 2 aromatic rings. The van der Waals surface area contributed by atoms with Crippen molar-refractivity contribution >= 4 is 5.95 Å². The first-order valence-electron chi connectivity index (χ1n) is 4.26. The lowest BCUT2D eigenvalue weighted by atomic mass is 10.1. The van der Waals surface area contributed by atoms with Crippen molar-refractivity contribution in [2.24, 2.45) is 0 Å². The first-order chi connectivity index (χ1) is 6.77. The Bertz CT molecular complexity index is 436. The van der Waals surface area contributed by atoms with Crippen molar-refractivity contribution in [2.75, 3.05) is 5.73 Å². The summed E-state index contributed by atoms with van der Waals surface area (Å²) in [6.45, 7) is 2.02. The molecule has 0 amide bonds. The SMILES string of the molecule is Cc1ccncc1-c1cnc(N)nc1. The Labute approximate surface area is 81.9 Å². The molecular formula is C10H10N4. The van der Waals surface area contributed by atoms with Crippen LogP contribution in [0.2, 0.25) is 0 Å². The Morgan fingerprint density at radius 2 is 1.86 bits per heavy atom. The van der Waals surface area contributed by atoms with Gasteiger partial charge in [-0.25, -0.2) is 9.97 Å². The summed E-state index contributed by atoms with van der Waals surface area (Å²) in [6.07, 6.45) is 6.96. The van der Waals surface area contributed by atoms with Crippen LogP contribution < -0.4 is 5.73 Å². The van der Waals surface area contributed by atoms with Gasteiger partial charge in [-0.3, -0.25) is 4.98 Å². The summed E-state index contributed by atoms with van der Waals surface area (Å²) in [5, 5.41) is 0. The number of nitrogens with zero attached hydrogens (tertiary/aromatic N) is 3. The van der Waals surface area contributed by atoms with Crippen LogP contribution >= 0.6 is 0 Å². The fourth-order valence-electron chi connectivity index (χ4n) is 1.24. The Morgan fingerprint density at radius 3 is 2.50 bits per heavy atom. The predicted octanol–water partition coefficient (Wildman–Crippen LogP) is 1.43. The molecule has 0 atom stereocenters. The quantitative estimate of drug-likeness (QED) is 0.731. The number of nitrogen functional groups attached to an aromatic ring is 1. The predicted molar refractivity (Wildman–Crippen MR) is 54.4 cm³/mol. The van der Waals surface area contributed by atoms with Gasteiger partial charge in [0, 0.05) is 35.9 Å². The highest BCUT2D eigenvalue weighted by molar-refractivity contribution is 5.64. The molecule has 2 heterocycles. The van der Waals surface area contributed by atoms with E-state index in [1.807, 2.05) is 13.0 Å². The Hall–Kier alpha value is -1.97. The second-order valence-corrected chi connectivity index (χ2v) is 3.02. The van der Waals surface area contributed by atoms with Crippen molar-refractivity contribution in [1.29, 1.82) is 0 Å². The average molecular weight is 186 g/mol. The number of aromatic nitrogens is 3. The number of rotatable bonds is 1. The maximum absolute atomic E-state index is 5.40. The highest BCUT2D eigenvalue weighted by Crippen LogP contribution is 2.20. The average Bonchev–Trinajstić information content (AvgIpc) is 2.20.